The van der Waals surface area contributed by atoms with Gasteiger partial charge in [-0.1, -0.05) is 0 Å². The Morgan fingerprint density at radius 3 is 1.05 bits per heavy atom. The summed E-state index contributed by atoms with van der Waals surface area (Å²) in [5.74, 6) is -4.84. The summed E-state index contributed by atoms with van der Waals surface area (Å²) in [5, 5.41) is 0. The maximum atomic E-state index is 14.9. The molecule has 3 aromatic rings. The number of hydrogen-bond acceptors (Lipinski definition) is 4. The summed E-state index contributed by atoms with van der Waals surface area (Å²) >= 11 is 0. The van der Waals surface area contributed by atoms with Crippen molar-refractivity contribution in [2.45, 2.75) is 77.4 Å². The first-order chi connectivity index (χ1) is 26.2. The normalized spacial score (nSPS) is 14.6. The zero-order chi connectivity index (χ0) is 44.7. The van der Waals surface area contributed by atoms with Crippen molar-refractivity contribution in [1.29, 1.82) is 0 Å². The van der Waals surface area contributed by atoms with Gasteiger partial charge < -0.3 is 18.7 Å². The molecule has 1 unspecified atom stereocenters. The maximum Gasteiger partial charge on any atom is 0.864 e. The molecule has 58 heavy (non-hydrogen) atoms. The number of nitrogens with zero attached hydrogens (tertiary/aromatic N) is 1. The fourth-order valence-corrected chi connectivity index (χ4v) is 6.26. The summed E-state index contributed by atoms with van der Waals surface area (Å²) in [7, 11) is -3.34. The van der Waals surface area contributed by atoms with Gasteiger partial charge >= 0.3 is 44.4 Å². The van der Waals surface area contributed by atoms with Crippen molar-refractivity contribution in [1.82, 2.24) is 0 Å². The Balaban J connectivity index is 2.57. The van der Waals surface area contributed by atoms with Crippen molar-refractivity contribution in [3.63, 3.8) is 0 Å². The fourth-order valence-electron chi connectivity index (χ4n) is 6.26. The minimum absolute atomic E-state index is 0.113. The molecule has 0 saturated carbocycles. The van der Waals surface area contributed by atoms with Gasteiger partial charge in [0.15, 0.2) is 0 Å². The topological polar surface area (TPSA) is 36.9 Å². The van der Waals surface area contributed by atoms with E-state index in [2.05, 4.69) is 0 Å². The molecular weight excluding hydrogens is 839 g/mol. The third-order valence-corrected chi connectivity index (χ3v) is 9.16. The highest BCUT2D eigenvalue weighted by Gasteiger charge is 2.55. The van der Waals surface area contributed by atoms with Gasteiger partial charge in [0.1, 0.15) is 17.2 Å². The lowest BCUT2D eigenvalue weighted by Gasteiger charge is -2.50. The number of halogens is 18. The van der Waals surface area contributed by atoms with Crippen LogP contribution in [0.25, 0.3) is 0 Å². The molecule has 3 aromatic carbocycles. The van der Waals surface area contributed by atoms with E-state index in [0.717, 1.165) is 6.92 Å². The van der Waals surface area contributed by atoms with Crippen molar-refractivity contribution < 1.29 is 102 Å². The largest absolute Gasteiger partial charge is 0.864 e. The monoisotopic (exact) mass is 870 g/mol. The highest BCUT2D eigenvalue weighted by Crippen LogP contribution is 2.50. The van der Waals surface area contributed by atoms with E-state index in [1.807, 2.05) is 0 Å². The van der Waals surface area contributed by atoms with E-state index in [0.29, 0.717) is 0 Å². The maximum absolute atomic E-state index is 14.9. The van der Waals surface area contributed by atoms with E-state index in [1.54, 1.807) is 0 Å². The number of alkyl halides is 18. The SMILES string of the molecule is CCOC(C)(c1c(OB(Oc2cc(C(F)(F)F)cc(C(F)(F)F)c2)Oc2cc(C(F)(F)F)cc(C(F)(F)F)c2)cc(C(F)(F)F)cc1C(F)(F)F)[N+](CC)(CC)CC. The van der Waals surface area contributed by atoms with Gasteiger partial charge in [-0.25, -0.2) is 0 Å². The van der Waals surface area contributed by atoms with Crippen LogP contribution in [0.5, 0.6) is 17.2 Å². The van der Waals surface area contributed by atoms with E-state index < -0.39 is 130 Å². The Bertz CT molecular complexity index is 1750. The van der Waals surface area contributed by atoms with Crippen LogP contribution in [0, 0.1) is 0 Å². The van der Waals surface area contributed by atoms with Gasteiger partial charge in [-0.05, 0) is 76.2 Å². The molecule has 324 valence electrons. The van der Waals surface area contributed by atoms with Crippen molar-refractivity contribution in [2.24, 2.45) is 0 Å². The van der Waals surface area contributed by atoms with E-state index in [-0.39, 0.29) is 56.0 Å². The summed E-state index contributed by atoms with van der Waals surface area (Å²) in [4.78, 5) is 0. The number of hydrogen-bond donors (Lipinski definition) is 0. The number of rotatable bonds is 13. The van der Waals surface area contributed by atoms with Crippen molar-refractivity contribution in [3.8, 4) is 17.2 Å². The van der Waals surface area contributed by atoms with Gasteiger partial charge in [-0.2, -0.15) is 79.0 Å². The molecule has 0 amide bonds. The van der Waals surface area contributed by atoms with Crippen LogP contribution >= 0.6 is 0 Å². The highest BCUT2D eigenvalue weighted by molar-refractivity contribution is 6.39. The average molecular weight is 870 g/mol. The van der Waals surface area contributed by atoms with Crippen LogP contribution < -0.4 is 14.0 Å². The lowest BCUT2D eigenvalue weighted by atomic mass is 9.90. The second-order valence-electron chi connectivity index (χ2n) is 12.5. The summed E-state index contributed by atoms with van der Waals surface area (Å²) < 4.78 is 273. The lowest BCUT2D eigenvalue weighted by Crippen LogP contribution is -2.62. The molecule has 0 heterocycles. The Morgan fingerprint density at radius 1 is 0.448 bits per heavy atom. The first-order valence-electron chi connectivity index (χ1n) is 16.6. The first kappa shape index (κ1) is 48.2. The van der Waals surface area contributed by atoms with Gasteiger partial charge in [0.25, 0.3) is 0 Å². The minimum atomic E-state index is -5.74. The molecule has 24 heteroatoms. The smallest absolute Gasteiger partial charge is 0.490 e. The van der Waals surface area contributed by atoms with Crippen molar-refractivity contribution in [2.75, 3.05) is 26.2 Å². The second kappa shape index (κ2) is 16.4. The predicted octanol–water partition coefficient (Wildman–Crippen LogP) is 12.4. The van der Waals surface area contributed by atoms with Crippen LogP contribution in [-0.2, 0) is 47.5 Å². The summed E-state index contributed by atoms with van der Waals surface area (Å²) in [6.45, 7) is 5.82. The van der Waals surface area contributed by atoms with Crippen molar-refractivity contribution >= 4 is 7.32 Å². The van der Waals surface area contributed by atoms with E-state index in [1.165, 1.54) is 27.7 Å². The Hall–Kier alpha value is -4.22. The molecule has 0 aliphatic rings. The van der Waals surface area contributed by atoms with Crippen LogP contribution in [0.4, 0.5) is 79.0 Å². The molecule has 0 spiro atoms. The standard InChI is InChI=1S/C34H31BF18NO4/c1-6-54(7-2,8-3)28(5,55-9-4)27-25(34(51,52)53)16-22(33(48,49)50)17-26(27)58-35(56-23-12-18(29(36,37)38)10-19(13-23)30(39,40)41)57-24-14-20(31(42,43)44)11-21(15-24)32(45,46)47/h10-17H,6-9H2,1-5H3/q+1. The van der Waals surface area contributed by atoms with E-state index in [9.17, 15) is 79.0 Å². The molecule has 3 rings (SSSR count). The molecule has 0 fully saturated rings. The molecule has 1 atom stereocenters. The van der Waals surface area contributed by atoms with Crippen molar-refractivity contribution in [3.05, 3.63) is 87.5 Å². The molecular formula is C34H31BF18NO4+. The zero-order valence-corrected chi connectivity index (χ0v) is 30.4. The second-order valence-corrected chi connectivity index (χ2v) is 12.5. The van der Waals surface area contributed by atoms with Gasteiger partial charge in [0.05, 0.1) is 65.2 Å². The third-order valence-electron chi connectivity index (χ3n) is 9.16. The summed E-state index contributed by atoms with van der Waals surface area (Å²) in [5.41, 5.74) is -16.4. The van der Waals surface area contributed by atoms with Crippen LogP contribution in [0.15, 0.2) is 48.5 Å². The minimum Gasteiger partial charge on any atom is -0.490 e. The number of benzene rings is 3. The highest BCUT2D eigenvalue weighted by atomic mass is 19.4. The Kier molecular flexibility index (Phi) is 13.7. The molecule has 0 N–H and O–H groups in total. The molecule has 0 radical (unpaired) electrons. The predicted molar refractivity (Wildman–Crippen MR) is 168 cm³/mol. The zero-order valence-electron chi connectivity index (χ0n) is 30.4. The Morgan fingerprint density at radius 2 is 0.776 bits per heavy atom. The fraction of sp³-hybridized carbons (Fsp3) is 0.471. The lowest BCUT2D eigenvalue weighted by molar-refractivity contribution is -1.00. The molecule has 0 aromatic heterocycles. The molecule has 0 saturated heterocycles. The average Bonchev–Trinajstić information content (AvgIpc) is 3.06. The molecule has 0 aliphatic carbocycles. The van der Waals surface area contributed by atoms with Gasteiger partial charge in [0, 0.05) is 6.92 Å². The first-order valence-corrected chi connectivity index (χ1v) is 16.6. The van der Waals surface area contributed by atoms with Crippen LogP contribution in [-0.4, -0.2) is 38.0 Å². The van der Waals surface area contributed by atoms with Crippen LogP contribution in [0.2, 0.25) is 0 Å². The van der Waals surface area contributed by atoms with Crippen LogP contribution in [0.3, 0.4) is 0 Å². The number of ether oxygens (including phenoxy) is 1. The number of quaternary nitrogens is 1. The van der Waals surface area contributed by atoms with E-state index in [4.69, 9.17) is 18.7 Å². The molecule has 0 aliphatic heterocycles. The third kappa shape index (κ3) is 10.7. The van der Waals surface area contributed by atoms with Gasteiger partial charge in [-0.3, -0.25) is 4.48 Å². The molecule has 5 nitrogen and oxygen atoms in total. The summed E-state index contributed by atoms with van der Waals surface area (Å²) in [6.07, 6.45) is -33.8. The molecule has 0 bridgehead atoms. The van der Waals surface area contributed by atoms with Crippen LogP contribution in [0.1, 0.15) is 73.6 Å². The van der Waals surface area contributed by atoms with Gasteiger partial charge in [-0.15, -0.1) is 0 Å². The van der Waals surface area contributed by atoms with Gasteiger partial charge in [0.2, 0.25) is 5.72 Å². The van der Waals surface area contributed by atoms with E-state index >= 15 is 0 Å². The summed E-state index contributed by atoms with van der Waals surface area (Å²) in [6, 6.07) is -2.08. The quantitative estimate of drug-likeness (QED) is 0.0742. The Labute approximate surface area is 318 Å².